The van der Waals surface area contributed by atoms with Gasteiger partial charge in [0.1, 0.15) is 0 Å². The second kappa shape index (κ2) is 6.13. The van der Waals surface area contributed by atoms with Crippen LogP contribution in [0, 0.1) is 0 Å². The maximum atomic E-state index is 8.83. The normalized spacial score (nSPS) is 10.6. The molecule has 0 aromatic carbocycles. The lowest BCUT2D eigenvalue weighted by molar-refractivity contribution is 0.300. The highest BCUT2D eigenvalue weighted by molar-refractivity contribution is 7.10. The molecule has 2 N–H and O–H groups in total. The number of hydrogen-bond acceptors (Lipinski definition) is 3. The van der Waals surface area contributed by atoms with Crippen molar-refractivity contribution < 1.29 is 5.11 Å². The Hall–Kier alpha value is -0.380. The summed E-state index contributed by atoms with van der Waals surface area (Å²) in [7, 11) is 0. The monoisotopic (exact) mass is 199 g/mol. The fraction of sp³-hybridized carbons (Fsp3) is 0.600. The van der Waals surface area contributed by atoms with E-state index in [1.165, 1.54) is 10.4 Å². The van der Waals surface area contributed by atoms with Gasteiger partial charge in [-0.2, -0.15) is 0 Å². The summed E-state index contributed by atoms with van der Waals surface area (Å²) in [6.45, 7) is 4.43. The van der Waals surface area contributed by atoms with Crippen LogP contribution in [0.25, 0.3) is 0 Å². The van der Waals surface area contributed by atoms with Crippen molar-refractivity contribution in [3.63, 3.8) is 0 Å². The van der Waals surface area contributed by atoms with Crippen molar-refractivity contribution in [2.75, 3.05) is 19.7 Å². The predicted octanol–water partition coefficient (Wildman–Crippen LogP) is 1.43. The minimum absolute atomic E-state index is 0.259. The van der Waals surface area contributed by atoms with E-state index >= 15 is 0 Å². The molecule has 0 amide bonds. The molecule has 13 heavy (non-hydrogen) atoms. The summed E-state index contributed by atoms with van der Waals surface area (Å²) < 4.78 is 0. The van der Waals surface area contributed by atoms with Gasteiger partial charge in [-0.05, 0) is 36.5 Å². The van der Waals surface area contributed by atoms with Crippen LogP contribution in [0.15, 0.2) is 11.4 Å². The van der Waals surface area contributed by atoms with E-state index in [0.29, 0.717) is 0 Å². The second-order valence-corrected chi connectivity index (χ2v) is 3.95. The Balaban J connectivity index is 2.40. The third-order valence-corrected chi connectivity index (χ3v) is 3.02. The lowest BCUT2D eigenvalue weighted by Crippen LogP contribution is -2.16. The average molecular weight is 199 g/mol. The van der Waals surface area contributed by atoms with Gasteiger partial charge in [-0.15, -0.1) is 11.3 Å². The summed E-state index contributed by atoms with van der Waals surface area (Å²) in [5, 5.41) is 14.2. The molecule has 0 saturated heterocycles. The SMILES string of the molecule is CCNCCc1ccsc1CCO. The molecule has 0 spiro atoms. The number of aliphatic hydroxyl groups is 1. The Morgan fingerprint density at radius 1 is 1.46 bits per heavy atom. The molecule has 0 aliphatic heterocycles. The Kier molecular flexibility index (Phi) is 5.05. The summed E-state index contributed by atoms with van der Waals surface area (Å²) in [5.74, 6) is 0. The molecule has 1 rings (SSSR count). The largest absolute Gasteiger partial charge is 0.396 e. The van der Waals surface area contributed by atoms with Crippen LogP contribution in [0.4, 0.5) is 0 Å². The molecule has 0 saturated carbocycles. The first-order chi connectivity index (χ1) is 6.38. The minimum atomic E-state index is 0.259. The van der Waals surface area contributed by atoms with Crippen LogP contribution in [0.1, 0.15) is 17.4 Å². The van der Waals surface area contributed by atoms with Crippen LogP contribution in [-0.4, -0.2) is 24.8 Å². The van der Waals surface area contributed by atoms with Gasteiger partial charge in [-0.3, -0.25) is 0 Å². The quantitative estimate of drug-likeness (QED) is 0.679. The van der Waals surface area contributed by atoms with Gasteiger partial charge in [0, 0.05) is 17.9 Å². The maximum Gasteiger partial charge on any atom is 0.0479 e. The third-order valence-electron chi connectivity index (χ3n) is 2.00. The molecule has 74 valence electrons. The first-order valence-corrected chi connectivity index (χ1v) is 5.63. The number of thiophene rings is 1. The van der Waals surface area contributed by atoms with Gasteiger partial charge in [-0.1, -0.05) is 6.92 Å². The van der Waals surface area contributed by atoms with E-state index in [2.05, 4.69) is 23.7 Å². The highest BCUT2D eigenvalue weighted by Crippen LogP contribution is 2.17. The molecule has 1 heterocycles. The molecule has 1 aromatic heterocycles. The molecule has 0 fully saturated rings. The van der Waals surface area contributed by atoms with Gasteiger partial charge in [0.2, 0.25) is 0 Å². The van der Waals surface area contributed by atoms with Crippen molar-refractivity contribution in [3.8, 4) is 0 Å². The molecule has 0 atom stereocenters. The zero-order valence-corrected chi connectivity index (χ0v) is 8.86. The van der Waals surface area contributed by atoms with Crippen molar-refractivity contribution >= 4 is 11.3 Å². The fourth-order valence-corrected chi connectivity index (χ4v) is 2.24. The van der Waals surface area contributed by atoms with Gasteiger partial charge in [0.25, 0.3) is 0 Å². The molecule has 0 aliphatic rings. The molecule has 1 aromatic rings. The first-order valence-electron chi connectivity index (χ1n) is 4.75. The Labute approximate surface area is 83.6 Å². The molecule has 0 bridgehead atoms. The zero-order valence-electron chi connectivity index (χ0n) is 8.05. The fourth-order valence-electron chi connectivity index (χ4n) is 1.31. The summed E-state index contributed by atoms with van der Waals surface area (Å²) in [5.41, 5.74) is 1.39. The van der Waals surface area contributed by atoms with Crippen molar-refractivity contribution in [1.82, 2.24) is 5.32 Å². The van der Waals surface area contributed by atoms with Crippen LogP contribution in [-0.2, 0) is 12.8 Å². The lowest BCUT2D eigenvalue weighted by Gasteiger charge is -2.02. The minimum Gasteiger partial charge on any atom is -0.396 e. The standard InChI is InChI=1S/C10H17NOS/c1-2-11-6-3-9-5-8-13-10(9)4-7-12/h5,8,11-12H,2-4,6-7H2,1H3. The Morgan fingerprint density at radius 3 is 3.00 bits per heavy atom. The van der Waals surface area contributed by atoms with E-state index in [0.717, 1.165) is 25.9 Å². The third kappa shape index (κ3) is 3.46. The molecular formula is C10H17NOS. The van der Waals surface area contributed by atoms with Crippen LogP contribution in [0.5, 0.6) is 0 Å². The van der Waals surface area contributed by atoms with Crippen LogP contribution < -0.4 is 5.32 Å². The van der Waals surface area contributed by atoms with Gasteiger partial charge in [-0.25, -0.2) is 0 Å². The second-order valence-electron chi connectivity index (χ2n) is 2.95. The number of nitrogens with one attached hydrogen (secondary N) is 1. The Bertz CT molecular complexity index is 235. The van der Waals surface area contributed by atoms with Crippen molar-refractivity contribution in [1.29, 1.82) is 0 Å². The maximum absolute atomic E-state index is 8.83. The van der Waals surface area contributed by atoms with E-state index in [9.17, 15) is 0 Å². The smallest absolute Gasteiger partial charge is 0.0479 e. The summed E-state index contributed by atoms with van der Waals surface area (Å²) in [4.78, 5) is 1.33. The summed E-state index contributed by atoms with van der Waals surface area (Å²) in [6, 6.07) is 2.16. The topological polar surface area (TPSA) is 32.3 Å². The highest BCUT2D eigenvalue weighted by Gasteiger charge is 2.02. The van der Waals surface area contributed by atoms with Crippen LogP contribution >= 0.6 is 11.3 Å². The van der Waals surface area contributed by atoms with Gasteiger partial charge < -0.3 is 10.4 Å². The van der Waals surface area contributed by atoms with E-state index < -0.39 is 0 Å². The molecule has 0 radical (unpaired) electrons. The number of rotatable bonds is 6. The number of hydrogen-bond donors (Lipinski definition) is 2. The zero-order chi connectivity index (χ0) is 9.52. The highest BCUT2D eigenvalue weighted by atomic mass is 32.1. The molecule has 2 nitrogen and oxygen atoms in total. The van der Waals surface area contributed by atoms with Crippen molar-refractivity contribution in [2.24, 2.45) is 0 Å². The van der Waals surface area contributed by atoms with Gasteiger partial charge >= 0.3 is 0 Å². The number of likely N-dealkylation sites (N-methyl/N-ethyl adjacent to an activating group) is 1. The predicted molar refractivity (Wildman–Crippen MR) is 57.4 cm³/mol. The number of aliphatic hydroxyl groups excluding tert-OH is 1. The average Bonchev–Trinajstić information content (AvgIpc) is 2.54. The van der Waals surface area contributed by atoms with Crippen molar-refractivity contribution in [2.45, 2.75) is 19.8 Å². The van der Waals surface area contributed by atoms with Crippen molar-refractivity contribution in [3.05, 3.63) is 21.9 Å². The van der Waals surface area contributed by atoms with Gasteiger partial charge in [0.05, 0.1) is 0 Å². The van der Waals surface area contributed by atoms with Crippen LogP contribution in [0.2, 0.25) is 0 Å². The molecule has 3 heteroatoms. The molecular weight excluding hydrogens is 182 g/mol. The van der Waals surface area contributed by atoms with E-state index in [1.807, 2.05) is 0 Å². The van der Waals surface area contributed by atoms with E-state index in [-0.39, 0.29) is 6.61 Å². The molecule has 0 unspecified atom stereocenters. The van der Waals surface area contributed by atoms with E-state index in [1.54, 1.807) is 11.3 Å². The Morgan fingerprint density at radius 2 is 2.31 bits per heavy atom. The molecule has 0 aliphatic carbocycles. The van der Waals surface area contributed by atoms with Gasteiger partial charge in [0.15, 0.2) is 0 Å². The first kappa shape index (κ1) is 10.7. The summed E-state index contributed by atoms with van der Waals surface area (Å²) in [6.07, 6.45) is 1.88. The summed E-state index contributed by atoms with van der Waals surface area (Å²) >= 11 is 1.74. The van der Waals surface area contributed by atoms with Crippen LogP contribution in [0.3, 0.4) is 0 Å². The van der Waals surface area contributed by atoms with E-state index in [4.69, 9.17) is 5.11 Å². The lowest BCUT2D eigenvalue weighted by atomic mass is 10.1.